The average molecular weight is 312 g/mol. The highest BCUT2D eigenvalue weighted by molar-refractivity contribution is 7.89. The molecule has 1 aromatic rings. The lowest BCUT2D eigenvalue weighted by molar-refractivity contribution is -0.0653. The maximum Gasteiger partial charge on any atom is 0.243 e. The summed E-state index contributed by atoms with van der Waals surface area (Å²) < 4.78 is 26.9. The Morgan fingerprint density at radius 1 is 1.29 bits per heavy atom. The molecule has 6 heteroatoms. The predicted molar refractivity (Wildman–Crippen MR) is 83.7 cm³/mol. The Kier molecular flexibility index (Phi) is 4.08. The van der Waals surface area contributed by atoms with Crippen LogP contribution in [0.15, 0.2) is 11.0 Å². The van der Waals surface area contributed by atoms with Gasteiger partial charge >= 0.3 is 0 Å². The Balaban J connectivity index is 2.37. The number of aryl methyl sites for hydroxylation is 2. The van der Waals surface area contributed by atoms with Gasteiger partial charge in [-0.3, -0.25) is 0 Å². The van der Waals surface area contributed by atoms with E-state index in [2.05, 4.69) is 0 Å². The summed E-state index contributed by atoms with van der Waals surface area (Å²) in [5.41, 5.74) is 7.80. The van der Waals surface area contributed by atoms with E-state index in [1.165, 1.54) is 4.31 Å². The molecule has 0 atom stereocenters. The number of nitrogens with two attached hydrogens (primary N) is 1. The van der Waals surface area contributed by atoms with E-state index in [9.17, 15) is 13.5 Å². The van der Waals surface area contributed by atoms with Crippen molar-refractivity contribution in [1.82, 2.24) is 4.31 Å². The molecule has 3 N–H and O–H groups in total. The molecule has 118 valence electrons. The molecule has 0 spiro atoms. The molecule has 1 aliphatic heterocycles. The lowest BCUT2D eigenvalue weighted by atomic mass is 9.92. The molecular weight excluding hydrogens is 288 g/mol. The molecule has 1 aromatic carbocycles. The minimum absolute atomic E-state index is 0.163. The molecule has 1 aliphatic rings. The van der Waals surface area contributed by atoms with Gasteiger partial charge in [0, 0.05) is 18.8 Å². The van der Waals surface area contributed by atoms with Crippen LogP contribution in [0.25, 0.3) is 0 Å². The van der Waals surface area contributed by atoms with Gasteiger partial charge in [0.2, 0.25) is 10.0 Å². The number of hydrogen-bond acceptors (Lipinski definition) is 4. The van der Waals surface area contributed by atoms with E-state index in [1.807, 2.05) is 13.8 Å². The summed E-state index contributed by atoms with van der Waals surface area (Å²) >= 11 is 0. The van der Waals surface area contributed by atoms with Crippen molar-refractivity contribution in [2.24, 2.45) is 0 Å². The number of β-amino-alcohol motifs (C(OH)–C–C–N with tert-alkyl or cyclic N) is 1. The Morgan fingerprint density at radius 3 is 2.38 bits per heavy atom. The largest absolute Gasteiger partial charge is 0.398 e. The van der Waals surface area contributed by atoms with E-state index in [-0.39, 0.29) is 18.0 Å². The highest BCUT2D eigenvalue weighted by atomic mass is 32.2. The highest BCUT2D eigenvalue weighted by Crippen LogP contribution is 2.35. The Morgan fingerprint density at radius 2 is 1.86 bits per heavy atom. The number of nitrogens with zero attached hydrogens (tertiary/aromatic N) is 1. The van der Waals surface area contributed by atoms with Gasteiger partial charge in [0.1, 0.15) is 0 Å². The fourth-order valence-corrected chi connectivity index (χ4v) is 5.15. The standard InChI is InChI=1S/C15H24N2O3S/c1-5-6-15(18)8-17(9-15)21(19,20)14-11(3)7-10(2)13(16)12(14)4/h7,18H,5-6,8-9,16H2,1-4H3. The number of anilines is 1. The minimum atomic E-state index is -3.60. The molecule has 0 unspecified atom stereocenters. The normalized spacial score (nSPS) is 18.5. The smallest absolute Gasteiger partial charge is 0.243 e. The van der Waals surface area contributed by atoms with Gasteiger partial charge in [0.05, 0.1) is 10.5 Å². The average Bonchev–Trinajstić information content (AvgIpc) is 2.33. The molecule has 0 aliphatic carbocycles. The summed E-state index contributed by atoms with van der Waals surface area (Å²) in [5, 5.41) is 10.2. The zero-order chi connectivity index (χ0) is 16.0. The van der Waals surface area contributed by atoms with Gasteiger partial charge in [0.25, 0.3) is 0 Å². The lowest BCUT2D eigenvalue weighted by Gasteiger charge is -2.45. The molecule has 1 heterocycles. The molecule has 0 amide bonds. The fraction of sp³-hybridized carbons (Fsp3) is 0.600. The van der Waals surface area contributed by atoms with Crippen molar-refractivity contribution in [2.45, 2.75) is 51.0 Å². The third-order valence-corrected chi connectivity index (χ3v) is 6.30. The van der Waals surface area contributed by atoms with Crippen molar-refractivity contribution in [3.05, 3.63) is 22.8 Å². The number of benzene rings is 1. The second-order valence-corrected chi connectivity index (χ2v) is 8.00. The van der Waals surface area contributed by atoms with Crippen LogP contribution in [0.3, 0.4) is 0 Å². The van der Waals surface area contributed by atoms with Crippen molar-refractivity contribution >= 4 is 15.7 Å². The van der Waals surface area contributed by atoms with E-state index in [0.717, 1.165) is 12.0 Å². The van der Waals surface area contributed by atoms with Gasteiger partial charge in [-0.15, -0.1) is 0 Å². The van der Waals surface area contributed by atoms with Gasteiger partial charge in [-0.2, -0.15) is 4.31 Å². The van der Waals surface area contributed by atoms with Crippen LogP contribution >= 0.6 is 0 Å². The van der Waals surface area contributed by atoms with Gasteiger partial charge in [-0.25, -0.2) is 8.42 Å². The van der Waals surface area contributed by atoms with Crippen molar-refractivity contribution in [3.8, 4) is 0 Å². The predicted octanol–water partition coefficient (Wildman–Crippen LogP) is 1.73. The third-order valence-electron chi connectivity index (χ3n) is 4.22. The Labute approximate surface area is 126 Å². The summed E-state index contributed by atoms with van der Waals surface area (Å²) in [6.45, 7) is 7.69. The number of hydrogen-bond donors (Lipinski definition) is 2. The van der Waals surface area contributed by atoms with Crippen molar-refractivity contribution in [1.29, 1.82) is 0 Å². The third kappa shape index (κ3) is 2.67. The molecule has 5 nitrogen and oxygen atoms in total. The zero-order valence-corrected chi connectivity index (χ0v) is 13.9. The number of aliphatic hydroxyl groups is 1. The van der Waals surface area contributed by atoms with Crippen molar-refractivity contribution in [2.75, 3.05) is 18.8 Å². The van der Waals surface area contributed by atoms with E-state index < -0.39 is 15.6 Å². The fourth-order valence-electron chi connectivity index (χ4n) is 3.11. The van der Waals surface area contributed by atoms with Crippen LogP contribution in [0.1, 0.15) is 36.5 Å². The molecule has 0 aromatic heterocycles. The molecule has 1 fully saturated rings. The molecule has 2 rings (SSSR count). The van der Waals surface area contributed by atoms with Crippen LogP contribution in [0.4, 0.5) is 5.69 Å². The molecular formula is C15H24N2O3S. The van der Waals surface area contributed by atoms with Crippen LogP contribution in [0, 0.1) is 20.8 Å². The second-order valence-electron chi connectivity index (χ2n) is 6.13. The monoisotopic (exact) mass is 312 g/mol. The summed E-state index contributed by atoms with van der Waals surface area (Å²) in [4.78, 5) is 0.282. The van der Waals surface area contributed by atoms with Crippen LogP contribution in [-0.4, -0.2) is 36.5 Å². The summed E-state index contributed by atoms with van der Waals surface area (Å²) in [6, 6.07) is 1.80. The molecule has 0 bridgehead atoms. The van der Waals surface area contributed by atoms with Crippen molar-refractivity contribution < 1.29 is 13.5 Å². The van der Waals surface area contributed by atoms with E-state index >= 15 is 0 Å². The quantitative estimate of drug-likeness (QED) is 0.829. The highest BCUT2D eigenvalue weighted by Gasteiger charge is 2.47. The summed E-state index contributed by atoms with van der Waals surface area (Å²) in [5.74, 6) is 0. The zero-order valence-electron chi connectivity index (χ0n) is 13.1. The maximum atomic E-state index is 12.8. The first-order chi connectivity index (χ1) is 9.62. The molecule has 0 radical (unpaired) electrons. The topological polar surface area (TPSA) is 83.6 Å². The van der Waals surface area contributed by atoms with Crippen LogP contribution in [0.5, 0.6) is 0 Å². The summed E-state index contributed by atoms with van der Waals surface area (Å²) in [7, 11) is -3.60. The minimum Gasteiger partial charge on any atom is -0.398 e. The Bertz CT molecular complexity index is 662. The lowest BCUT2D eigenvalue weighted by Crippen LogP contribution is -2.63. The van der Waals surface area contributed by atoms with E-state index in [4.69, 9.17) is 5.73 Å². The van der Waals surface area contributed by atoms with E-state index in [0.29, 0.717) is 23.2 Å². The molecule has 21 heavy (non-hydrogen) atoms. The Hall–Kier alpha value is -1.11. The van der Waals surface area contributed by atoms with Crippen LogP contribution in [0.2, 0.25) is 0 Å². The SMILES string of the molecule is CCCC1(O)CN(S(=O)(=O)c2c(C)cc(C)c(N)c2C)C1. The van der Waals surface area contributed by atoms with Gasteiger partial charge < -0.3 is 10.8 Å². The maximum absolute atomic E-state index is 12.8. The first-order valence-electron chi connectivity index (χ1n) is 7.21. The van der Waals surface area contributed by atoms with Crippen molar-refractivity contribution in [3.63, 3.8) is 0 Å². The number of rotatable bonds is 4. The van der Waals surface area contributed by atoms with Crippen LogP contribution in [-0.2, 0) is 10.0 Å². The van der Waals surface area contributed by atoms with Gasteiger partial charge in [-0.1, -0.05) is 19.4 Å². The first kappa shape index (κ1) is 16.3. The van der Waals surface area contributed by atoms with Gasteiger partial charge in [-0.05, 0) is 43.9 Å². The molecule has 0 saturated carbocycles. The number of nitrogen functional groups attached to an aromatic ring is 1. The second kappa shape index (κ2) is 5.26. The summed E-state index contributed by atoms with van der Waals surface area (Å²) in [6.07, 6.45) is 1.45. The first-order valence-corrected chi connectivity index (χ1v) is 8.65. The number of sulfonamides is 1. The molecule has 1 saturated heterocycles. The van der Waals surface area contributed by atoms with Gasteiger partial charge in [0.15, 0.2) is 0 Å². The van der Waals surface area contributed by atoms with Crippen LogP contribution < -0.4 is 5.73 Å². The van der Waals surface area contributed by atoms with E-state index in [1.54, 1.807) is 19.9 Å².